The molecule has 1 heterocycles. The molecule has 28 heavy (non-hydrogen) atoms. The van der Waals surface area contributed by atoms with Crippen LogP contribution >= 0.6 is 0 Å². The monoisotopic (exact) mass is 394 g/mol. The molecule has 2 aromatic carbocycles. The van der Waals surface area contributed by atoms with Crippen LogP contribution in [0.3, 0.4) is 0 Å². The topological polar surface area (TPSA) is 6.25 Å². The van der Waals surface area contributed by atoms with Gasteiger partial charge in [-0.1, -0.05) is 35.4 Å². The molecule has 0 atom stereocenters. The van der Waals surface area contributed by atoms with Crippen LogP contribution < -0.4 is 9.60 Å². The number of aryl methyl sites for hydroxylation is 6. The Morgan fingerprint density at radius 2 is 1.18 bits per heavy atom. The zero-order valence-electron chi connectivity index (χ0n) is 17.3. The summed E-state index contributed by atoms with van der Waals surface area (Å²) in [6, 6.07) is 9.12. The molecule has 1 aliphatic rings. The van der Waals surface area contributed by atoms with Crippen molar-refractivity contribution in [2.75, 3.05) is 18.0 Å². The summed E-state index contributed by atoms with van der Waals surface area (Å²) in [5.74, 6) is 0. The van der Waals surface area contributed by atoms with Gasteiger partial charge in [0.05, 0.1) is 0 Å². The van der Waals surface area contributed by atoms with Crippen LogP contribution in [0.5, 0.6) is 0 Å². The van der Waals surface area contributed by atoms with E-state index in [1.54, 1.807) is 0 Å². The van der Waals surface area contributed by atoms with Gasteiger partial charge in [-0.05, 0) is 63.8 Å². The highest BCUT2D eigenvalue weighted by atomic mass is 19.4. The van der Waals surface area contributed by atoms with Crippen LogP contribution in [0, 0.1) is 41.5 Å². The Kier molecular flexibility index (Phi) is 8.27. The normalized spacial score (nSPS) is 12.8. The molecule has 0 fully saturated rings. The van der Waals surface area contributed by atoms with E-state index < -0.39 is 7.54 Å². The molecule has 7 heteroatoms. The van der Waals surface area contributed by atoms with Gasteiger partial charge in [0, 0.05) is 0 Å². The van der Waals surface area contributed by atoms with Crippen LogP contribution in [0.25, 0.3) is 0 Å². The van der Waals surface area contributed by atoms with E-state index in [2.05, 4.69) is 81.6 Å². The summed E-state index contributed by atoms with van der Waals surface area (Å²) in [5, 5.41) is 0. The van der Waals surface area contributed by atoms with Gasteiger partial charge in [-0.25, -0.2) is 9.48 Å². The summed E-state index contributed by atoms with van der Waals surface area (Å²) in [4.78, 5) is 2.41. The highest BCUT2D eigenvalue weighted by Crippen LogP contribution is 2.30. The van der Waals surface area contributed by atoms with Gasteiger partial charge in [0.25, 0.3) is 0 Å². The summed E-state index contributed by atoms with van der Waals surface area (Å²) < 4.78 is 31.4. The maximum atomic E-state index is 9.67. The lowest BCUT2D eigenvalue weighted by atomic mass is 10.0. The fourth-order valence-corrected chi connectivity index (χ4v) is 4.09. The molecular weight excluding hydrogens is 367 g/mol. The third kappa shape index (κ3) is 5.60. The molecular formula is C21H27BF4N2. The minimum Gasteiger partial charge on any atom is -1.00 e. The van der Waals surface area contributed by atoms with Crippen LogP contribution in [0.4, 0.5) is 24.3 Å². The van der Waals surface area contributed by atoms with E-state index in [0.717, 1.165) is 13.1 Å². The van der Waals surface area contributed by atoms with Crippen molar-refractivity contribution in [2.24, 2.45) is 0 Å². The second-order valence-corrected chi connectivity index (χ2v) is 7.24. The molecule has 3 rings (SSSR count). The van der Waals surface area contributed by atoms with Crippen LogP contribution in [0.15, 0.2) is 24.3 Å². The van der Waals surface area contributed by atoms with E-state index in [-0.39, 0.29) is 4.70 Å². The average molecular weight is 394 g/mol. The van der Waals surface area contributed by atoms with Gasteiger partial charge in [-0.15, -0.1) is 0 Å². The molecule has 0 amide bonds. The third-order valence-corrected chi connectivity index (χ3v) is 4.71. The van der Waals surface area contributed by atoms with Gasteiger partial charge in [-0.3, -0.25) is 12.9 Å². The predicted octanol–water partition coefficient (Wildman–Crippen LogP) is 2.61. The fraction of sp³-hybridized carbons (Fsp3) is 0.381. The zero-order valence-corrected chi connectivity index (χ0v) is 17.3. The average Bonchev–Trinajstić information content (AvgIpc) is 2.93. The molecule has 0 aromatic heterocycles. The Bertz CT molecular complexity index is 817. The smallest absolute Gasteiger partial charge is 0.762 e. The molecule has 0 spiro atoms. The summed E-state index contributed by atoms with van der Waals surface area (Å²) >= 11 is 0. The van der Waals surface area contributed by atoms with E-state index in [4.69, 9.17) is 0 Å². The highest BCUT2D eigenvalue weighted by molar-refractivity contribution is 6.33. The number of anilines is 1. The second-order valence-electron chi connectivity index (χ2n) is 7.24. The summed E-state index contributed by atoms with van der Waals surface area (Å²) in [6.45, 7) is 15.3. The molecule has 1 aliphatic heterocycles. The second kappa shape index (κ2) is 9.76. The van der Waals surface area contributed by atoms with Crippen LogP contribution in [0.1, 0.15) is 33.4 Å². The maximum absolute atomic E-state index is 9.67. The minimum absolute atomic E-state index is 0. The standard InChI is InChI=1S/C21H27N2.BF3.FH/c1-14-9-16(3)20(17(4)10-14)22-7-8-23(13-22)21-18(5)11-15(2)12-19(21)6;2-1(3)4;/h9-13H,7-8H2,1-6H3;;1H/q+1;;/p-1. The minimum atomic E-state index is -3.67. The van der Waals surface area contributed by atoms with Crippen molar-refractivity contribution in [1.82, 2.24) is 0 Å². The van der Waals surface area contributed by atoms with Crippen molar-refractivity contribution < 1.29 is 22.2 Å². The number of hydrogen-bond donors (Lipinski definition) is 0. The summed E-state index contributed by atoms with van der Waals surface area (Å²) in [7, 11) is -3.67. The lowest BCUT2D eigenvalue weighted by molar-refractivity contribution is -0.425. The number of rotatable bonds is 2. The van der Waals surface area contributed by atoms with Gasteiger partial charge in [0.2, 0.25) is 6.34 Å². The quantitative estimate of drug-likeness (QED) is 0.431. The van der Waals surface area contributed by atoms with Gasteiger partial charge in [-0.2, -0.15) is 0 Å². The SMILES string of the molecule is Cc1cc(C)c(N2C=[N+](c3c(C)cc(C)cc3C)CC2)c(C)c1.FB(F)F.[F-]. The maximum Gasteiger partial charge on any atom is 0.762 e. The van der Waals surface area contributed by atoms with Crippen molar-refractivity contribution in [1.29, 1.82) is 0 Å². The lowest BCUT2D eigenvalue weighted by Gasteiger charge is -2.13. The largest absolute Gasteiger partial charge is 1.00 e. The van der Waals surface area contributed by atoms with E-state index in [1.165, 1.54) is 44.8 Å². The van der Waals surface area contributed by atoms with Gasteiger partial charge in [0.1, 0.15) is 24.5 Å². The third-order valence-electron chi connectivity index (χ3n) is 4.71. The van der Waals surface area contributed by atoms with E-state index >= 15 is 0 Å². The molecule has 152 valence electrons. The Morgan fingerprint density at radius 3 is 1.61 bits per heavy atom. The van der Waals surface area contributed by atoms with Gasteiger partial charge in [0.15, 0.2) is 0 Å². The molecule has 0 aliphatic carbocycles. The molecule has 2 nitrogen and oxygen atoms in total. The van der Waals surface area contributed by atoms with Crippen LogP contribution in [-0.4, -0.2) is 31.5 Å². The first kappa shape index (κ1) is 23.7. The van der Waals surface area contributed by atoms with Crippen molar-refractivity contribution in [3.05, 3.63) is 57.6 Å². The first-order valence-electron chi connectivity index (χ1n) is 9.06. The number of hydrogen-bond acceptors (Lipinski definition) is 1. The molecule has 0 saturated heterocycles. The Balaban J connectivity index is 0.000000717. The van der Waals surface area contributed by atoms with Crippen molar-refractivity contribution >= 4 is 25.3 Å². The predicted molar refractivity (Wildman–Crippen MR) is 109 cm³/mol. The van der Waals surface area contributed by atoms with Crippen molar-refractivity contribution in [2.45, 2.75) is 41.5 Å². The zero-order chi connectivity index (χ0) is 20.3. The van der Waals surface area contributed by atoms with E-state index in [1.807, 2.05) is 0 Å². The fourth-order valence-electron chi connectivity index (χ4n) is 4.09. The number of nitrogens with zero attached hydrogens (tertiary/aromatic N) is 2. The first-order valence-corrected chi connectivity index (χ1v) is 9.06. The molecule has 0 N–H and O–H groups in total. The molecule has 0 unspecified atom stereocenters. The number of halogens is 4. The molecule has 0 radical (unpaired) electrons. The Labute approximate surface area is 165 Å². The summed E-state index contributed by atoms with van der Waals surface area (Å²) in [6.07, 6.45) is 2.29. The van der Waals surface area contributed by atoms with E-state index in [0.29, 0.717) is 0 Å². The van der Waals surface area contributed by atoms with Gasteiger partial charge >= 0.3 is 7.54 Å². The van der Waals surface area contributed by atoms with Crippen molar-refractivity contribution in [3.8, 4) is 0 Å². The van der Waals surface area contributed by atoms with Gasteiger partial charge < -0.3 is 4.70 Å². The molecule has 2 aromatic rings. The number of benzene rings is 2. The Hall–Kier alpha value is -2.31. The van der Waals surface area contributed by atoms with Crippen LogP contribution in [0.2, 0.25) is 0 Å². The highest BCUT2D eigenvalue weighted by Gasteiger charge is 2.27. The lowest BCUT2D eigenvalue weighted by Crippen LogP contribution is -3.00. The molecule has 0 saturated carbocycles. The summed E-state index contributed by atoms with van der Waals surface area (Å²) in [5.41, 5.74) is 10.8. The molecule has 0 bridgehead atoms. The Morgan fingerprint density at radius 1 is 0.786 bits per heavy atom. The van der Waals surface area contributed by atoms with E-state index in [9.17, 15) is 12.9 Å². The first-order chi connectivity index (χ1) is 12.6. The van der Waals surface area contributed by atoms with Crippen LogP contribution in [-0.2, 0) is 0 Å². The van der Waals surface area contributed by atoms with Crippen molar-refractivity contribution in [3.63, 3.8) is 0 Å².